The first-order chi connectivity index (χ1) is 7.68. The van der Waals surface area contributed by atoms with Crippen molar-refractivity contribution in [2.24, 2.45) is 0 Å². The molecule has 0 fully saturated rings. The molecule has 0 saturated heterocycles. The lowest BCUT2D eigenvalue weighted by Crippen LogP contribution is -1.97. The highest BCUT2D eigenvalue weighted by Crippen LogP contribution is 2.22. The van der Waals surface area contributed by atoms with Crippen LogP contribution in [0.25, 0.3) is 11.1 Å². The first-order valence-electron chi connectivity index (χ1n) is 4.46. The molecule has 80 valence electrons. The van der Waals surface area contributed by atoms with E-state index in [0.717, 1.165) is 6.07 Å². The molecule has 0 saturated carbocycles. The van der Waals surface area contributed by atoms with Crippen molar-refractivity contribution in [2.75, 3.05) is 0 Å². The van der Waals surface area contributed by atoms with E-state index >= 15 is 0 Å². The summed E-state index contributed by atoms with van der Waals surface area (Å²) in [6.45, 7) is 0. The number of hydrogen-bond acceptors (Lipinski definition) is 3. The molecule has 0 spiro atoms. The molecule has 0 radical (unpaired) electrons. The summed E-state index contributed by atoms with van der Waals surface area (Å²) in [5, 5.41) is 8.79. The van der Waals surface area contributed by atoms with Crippen LogP contribution in [-0.4, -0.2) is 21.0 Å². The minimum absolute atomic E-state index is 0.0280. The molecule has 1 aromatic carbocycles. The Hall–Kier alpha value is -2.30. The number of aromatic carboxylic acids is 1. The van der Waals surface area contributed by atoms with Gasteiger partial charge in [0.15, 0.2) is 0 Å². The van der Waals surface area contributed by atoms with Crippen LogP contribution in [0.5, 0.6) is 0 Å². The number of benzene rings is 1. The predicted octanol–water partition coefficient (Wildman–Crippen LogP) is 1.98. The third kappa shape index (κ3) is 1.88. The SMILES string of the molecule is O=C(O)c1ccc(F)c(-c2cncnc2)c1. The first-order valence-corrected chi connectivity index (χ1v) is 4.46. The molecule has 0 unspecified atom stereocenters. The fourth-order valence-electron chi connectivity index (χ4n) is 1.32. The Bertz CT molecular complexity index is 529. The van der Waals surface area contributed by atoms with Crippen molar-refractivity contribution in [3.8, 4) is 11.1 Å². The Labute approximate surface area is 90.4 Å². The quantitative estimate of drug-likeness (QED) is 0.837. The number of nitrogens with zero attached hydrogens (tertiary/aromatic N) is 2. The van der Waals surface area contributed by atoms with Gasteiger partial charge in [0, 0.05) is 23.5 Å². The van der Waals surface area contributed by atoms with Gasteiger partial charge in [-0.2, -0.15) is 0 Å². The molecule has 0 bridgehead atoms. The molecule has 0 aliphatic rings. The maximum atomic E-state index is 13.5. The number of aromatic nitrogens is 2. The summed E-state index contributed by atoms with van der Waals surface area (Å²) in [5.41, 5.74) is 0.656. The summed E-state index contributed by atoms with van der Waals surface area (Å²) < 4.78 is 13.5. The van der Waals surface area contributed by atoms with Crippen LogP contribution >= 0.6 is 0 Å². The number of carbonyl (C=O) groups is 1. The second kappa shape index (κ2) is 4.06. The lowest BCUT2D eigenvalue weighted by Gasteiger charge is -2.03. The summed E-state index contributed by atoms with van der Waals surface area (Å²) >= 11 is 0. The highest BCUT2D eigenvalue weighted by molar-refractivity contribution is 5.89. The van der Waals surface area contributed by atoms with Gasteiger partial charge in [-0.25, -0.2) is 19.2 Å². The van der Waals surface area contributed by atoms with E-state index < -0.39 is 11.8 Å². The molecular formula is C11H7FN2O2. The average Bonchev–Trinajstić information content (AvgIpc) is 2.30. The van der Waals surface area contributed by atoms with E-state index in [0.29, 0.717) is 5.56 Å². The van der Waals surface area contributed by atoms with Crippen molar-refractivity contribution >= 4 is 5.97 Å². The fourth-order valence-corrected chi connectivity index (χ4v) is 1.32. The van der Waals surface area contributed by atoms with Crippen LogP contribution in [0.2, 0.25) is 0 Å². The molecule has 1 N–H and O–H groups in total. The van der Waals surface area contributed by atoms with Crippen LogP contribution in [0, 0.1) is 5.82 Å². The molecule has 0 amide bonds. The topological polar surface area (TPSA) is 63.1 Å². The molecular weight excluding hydrogens is 211 g/mol. The standard InChI is InChI=1S/C11H7FN2O2/c12-10-2-1-7(11(15)16)3-9(10)8-4-13-6-14-5-8/h1-6H,(H,15,16). The third-order valence-corrected chi connectivity index (χ3v) is 2.08. The summed E-state index contributed by atoms with van der Waals surface area (Å²) in [4.78, 5) is 18.2. The van der Waals surface area contributed by atoms with Crippen molar-refractivity contribution in [2.45, 2.75) is 0 Å². The minimum Gasteiger partial charge on any atom is -0.478 e. The molecule has 2 aromatic rings. The molecule has 16 heavy (non-hydrogen) atoms. The van der Waals surface area contributed by atoms with Crippen LogP contribution in [0.4, 0.5) is 4.39 Å². The third-order valence-electron chi connectivity index (χ3n) is 2.08. The summed E-state index contributed by atoms with van der Waals surface area (Å²) in [7, 11) is 0. The summed E-state index contributed by atoms with van der Waals surface area (Å²) in [6, 6.07) is 3.59. The van der Waals surface area contributed by atoms with Gasteiger partial charge in [-0.1, -0.05) is 0 Å². The number of halogens is 1. The van der Waals surface area contributed by atoms with Crippen molar-refractivity contribution in [1.29, 1.82) is 0 Å². The summed E-state index contributed by atoms with van der Waals surface area (Å²) in [5.74, 6) is -1.60. The van der Waals surface area contributed by atoms with Crippen molar-refractivity contribution in [1.82, 2.24) is 9.97 Å². The van der Waals surface area contributed by atoms with E-state index in [2.05, 4.69) is 9.97 Å². The average molecular weight is 218 g/mol. The molecule has 2 rings (SSSR count). The first kappa shape index (κ1) is 10.2. The van der Waals surface area contributed by atoms with Crippen molar-refractivity contribution < 1.29 is 14.3 Å². The van der Waals surface area contributed by atoms with Crippen LogP contribution < -0.4 is 0 Å². The van der Waals surface area contributed by atoms with Crippen molar-refractivity contribution in [3.63, 3.8) is 0 Å². The summed E-state index contributed by atoms with van der Waals surface area (Å²) in [6.07, 6.45) is 4.18. The highest BCUT2D eigenvalue weighted by atomic mass is 19.1. The van der Waals surface area contributed by atoms with E-state index in [-0.39, 0.29) is 11.1 Å². The number of carboxylic acids is 1. The van der Waals surface area contributed by atoms with Gasteiger partial charge in [0.25, 0.3) is 0 Å². The Morgan fingerprint density at radius 1 is 1.25 bits per heavy atom. The Balaban J connectivity index is 2.56. The lowest BCUT2D eigenvalue weighted by molar-refractivity contribution is 0.0697. The molecule has 0 aliphatic heterocycles. The van der Waals surface area contributed by atoms with Crippen LogP contribution in [0.3, 0.4) is 0 Å². The molecule has 1 aromatic heterocycles. The zero-order valence-electron chi connectivity index (χ0n) is 8.09. The monoisotopic (exact) mass is 218 g/mol. The van der Waals surface area contributed by atoms with E-state index in [1.807, 2.05) is 0 Å². The molecule has 1 heterocycles. The number of carboxylic acid groups (broad SMARTS) is 1. The Kier molecular flexibility index (Phi) is 2.59. The van der Waals surface area contributed by atoms with E-state index in [1.165, 1.54) is 30.9 Å². The Morgan fingerprint density at radius 3 is 2.56 bits per heavy atom. The maximum Gasteiger partial charge on any atom is 0.335 e. The van der Waals surface area contributed by atoms with Crippen LogP contribution in [-0.2, 0) is 0 Å². The van der Waals surface area contributed by atoms with Gasteiger partial charge in [-0.15, -0.1) is 0 Å². The van der Waals surface area contributed by atoms with Gasteiger partial charge in [-0.3, -0.25) is 0 Å². The van der Waals surface area contributed by atoms with Crippen LogP contribution in [0.1, 0.15) is 10.4 Å². The zero-order valence-corrected chi connectivity index (χ0v) is 8.09. The lowest BCUT2D eigenvalue weighted by atomic mass is 10.1. The van der Waals surface area contributed by atoms with E-state index in [4.69, 9.17) is 5.11 Å². The predicted molar refractivity (Wildman–Crippen MR) is 54.4 cm³/mol. The molecule has 5 heteroatoms. The molecule has 0 aliphatic carbocycles. The van der Waals surface area contributed by atoms with Gasteiger partial charge in [-0.05, 0) is 18.2 Å². The number of hydrogen-bond donors (Lipinski definition) is 1. The van der Waals surface area contributed by atoms with E-state index in [9.17, 15) is 9.18 Å². The van der Waals surface area contributed by atoms with Crippen LogP contribution in [0.15, 0.2) is 36.9 Å². The van der Waals surface area contributed by atoms with Gasteiger partial charge < -0.3 is 5.11 Å². The zero-order chi connectivity index (χ0) is 11.5. The van der Waals surface area contributed by atoms with Gasteiger partial charge >= 0.3 is 5.97 Å². The molecule has 4 nitrogen and oxygen atoms in total. The van der Waals surface area contributed by atoms with Gasteiger partial charge in [0.05, 0.1) is 5.56 Å². The van der Waals surface area contributed by atoms with Gasteiger partial charge in [0.1, 0.15) is 12.1 Å². The van der Waals surface area contributed by atoms with E-state index in [1.54, 1.807) is 0 Å². The maximum absolute atomic E-state index is 13.5. The smallest absolute Gasteiger partial charge is 0.335 e. The second-order valence-corrected chi connectivity index (χ2v) is 3.13. The molecule has 0 atom stereocenters. The largest absolute Gasteiger partial charge is 0.478 e. The van der Waals surface area contributed by atoms with Gasteiger partial charge in [0.2, 0.25) is 0 Å². The minimum atomic E-state index is -1.10. The number of rotatable bonds is 2. The second-order valence-electron chi connectivity index (χ2n) is 3.13. The normalized spacial score (nSPS) is 10.1. The fraction of sp³-hybridized carbons (Fsp3) is 0. The Morgan fingerprint density at radius 2 is 1.94 bits per heavy atom. The highest BCUT2D eigenvalue weighted by Gasteiger charge is 2.10. The van der Waals surface area contributed by atoms with Crippen molar-refractivity contribution in [3.05, 3.63) is 48.3 Å².